The molecule has 1 aliphatic rings. The minimum absolute atomic E-state index is 0.0509. The molecule has 1 amide bonds. The van der Waals surface area contributed by atoms with Gasteiger partial charge in [0.05, 0.1) is 19.3 Å². The maximum Gasteiger partial charge on any atom is 0.221 e. The van der Waals surface area contributed by atoms with Crippen molar-refractivity contribution >= 4 is 17.6 Å². The van der Waals surface area contributed by atoms with Crippen molar-refractivity contribution in [3.63, 3.8) is 0 Å². The number of guanidine groups is 1. The summed E-state index contributed by atoms with van der Waals surface area (Å²) >= 11 is 0. The Hall–Kier alpha value is -2.24. The Morgan fingerprint density at radius 1 is 1.31 bits per heavy atom. The molecular weight excluding hydrogens is 328 g/mol. The third-order valence-electron chi connectivity index (χ3n) is 5.46. The number of carbonyl (C=O) groups is 1. The largest absolute Gasteiger partial charge is 0.495 e. The SMILES string of the molecule is CCNC(=NCc1ccc(OC)c(NC(C)=O)c1)N1CC(C)(C)C1(C)C. The zero-order valence-corrected chi connectivity index (χ0v) is 17.1. The summed E-state index contributed by atoms with van der Waals surface area (Å²) in [5.41, 5.74) is 1.99. The van der Waals surface area contributed by atoms with Crippen LogP contribution in [0, 0.1) is 5.41 Å². The first kappa shape index (κ1) is 20.1. The third kappa shape index (κ3) is 3.94. The van der Waals surface area contributed by atoms with Gasteiger partial charge >= 0.3 is 0 Å². The summed E-state index contributed by atoms with van der Waals surface area (Å²) in [5.74, 6) is 1.45. The molecule has 1 heterocycles. The van der Waals surface area contributed by atoms with Gasteiger partial charge in [0.25, 0.3) is 0 Å². The second-order valence-corrected chi connectivity index (χ2v) is 7.92. The van der Waals surface area contributed by atoms with Crippen molar-refractivity contribution in [1.82, 2.24) is 10.2 Å². The van der Waals surface area contributed by atoms with Gasteiger partial charge in [0, 0.05) is 31.0 Å². The second-order valence-electron chi connectivity index (χ2n) is 7.92. The molecule has 1 aromatic rings. The quantitative estimate of drug-likeness (QED) is 0.625. The molecular formula is C20H32N4O2. The van der Waals surface area contributed by atoms with E-state index in [1.165, 1.54) is 6.92 Å². The van der Waals surface area contributed by atoms with Gasteiger partial charge in [-0.15, -0.1) is 0 Å². The fraction of sp³-hybridized carbons (Fsp3) is 0.600. The molecule has 2 rings (SSSR count). The van der Waals surface area contributed by atoms with Crippen LogP contribution in [0.15, 0.2) is 23.2 Å². The lowest BCUT2D eigenvalue weighted by Crippen LogP contribution is -2.72. The first-order valence-electron chi connectivity index (χ1n) is 9.13. The van der Waals surface area contributed by atoms with Crippen LogP contribution in [0.1, 0.15) is 47.1 Å². The highest BCUT2D eigenvalue weighted by molar-refractivity contribution is 5.90. The number of ether oxygens (including phenoxy) is 1. The van der Waals surface area contributed by atoms with Crippen LogP contribution in [-0.2, 0) is 11.3 Å². The fourth-order valence-electron chi connectivity index (χ4n) is 3.10. The number of methoxy groups -OCH3 is 1. The van der Waals surface area contributed by atoms with Gasteiger partial charge < -0.3 is 20.3 Å². The molecule has 144 valence electrons. The van der Waals surface area contributed by atoms with E-state index in [9.17, 15) is 4.79 Å². The highest BCUT2D eigenvalue weighted by Gasteiger charge is 2.53. The normalized spacial score (nSPS) is 18.1. The summed E-state index contributed by atoms with van der Waals surface area (Å²) in [5, 5.41) is 6.21. The maximum atomic E-state index is 11.4. The van der Waals surface area contributed by atoms with Gasteiger partial charge in [-0.1, -0.05) is 19.9 Å². The Bertz CT molecular complexity index is 695. The van der Waals surface area contributed by atoms with Crippen molar-refractivity contribution in [2.24, 2.45) is 10.4 Å². The highest BCUT2D eigenvalue weighted by Crippen LogP contribution is 2.46. The van der Waals surface area contributed by atoms with Crippen molar-refractivity contribution in [3.05, 3.63) is 23.8 Å². The number of carbonyl (C=O) groups excluding carboxylic acids is 1. The molecule has 0 aliphatic carbocycles. The van der Waals surface area contributed by atoms with Crippen molar-refractivity contribution in [1.29, 1.82) is 0 Å². The van der Waals surface area contributed by atoms with Crippen LogP contribution >= 0.6 is 0 Å². The third-order valence-corrected chi connectivity index (χ3v) is 5.46. The Morgan fingerprint density at radius 3 is 2.50 bits per heavy atom. The monoisotopic (exact) mass is 360 g/mol. The Morgan fingerprint density at radius 2 is 2.00 bits per heavy atom. The second kappa shape index (κ2) is 7.56. The summed E-state index contributed by atoms with van der Waals surface area (Å²) in [6.45, 7) is 15.0. The molecule has 6 nitrogen and oxygen atoms in total. The van der Waals surface area contributed by atoms with Crippen molar-refractivity contribution < 1.29 is 9.53 Å². The summed E-state index contributed by atoms with van der Waals surface area (Å²) in [4.78, 5) is 18.5. The lowest BCUT2D eigenvalue weighted by atomic mass is 9.65. The van der Waals surface area contributed by atoms with Gasteiger partial charge in [-0.2, -0.15) is 0 Å². The molecule has 6 heteroatoms. The molecule has 0 unspecified atom stereocenters. The topological polar surface area (TPSA) is 66.0 Å². The average molecular weight is 361 g/mol. The van der Waals surface area contributed by atoms with Crippen LogP contribution in [-0.4, -0.2) is 42.5 Å². The number of benzene rings is 1. The molecule has 0 aromatic heterocycles. The van der Waals surface area contributed by atoms with E-state index in [1.807, 2.05) is 18.2 Å². The number of likely N-dealkylation sites (tertiary alicyclic amines) is 1. The lowest BCUT2D eigenvalue weighted by Gasteiger charge is -2.62. The van der Waals surface area contributed by atoms with E-state index < -0.39 is 0 Å². The van der Waals surface area contributed by atoms with Crippen molar-refractivity contribution in [2.75, 3.05) is 25.5 Å². The van der Waals surface area contributed by atoms with E-state index in [-0.39, 0.29) is 16.9 Å². The molecule has 1 aromatic carbocycles. The van der Waals surface area contributed by atoms with Gasteiger partial charge in [0.1, 0.15) is 5.75 Å². The predicted octanol–water partition coefficient (Wildman–Crippen LogP) is 3.24. The van der Waals surface area contributed by atoms with Crippen LogP contribution < -0.4 is 15.4 Å². The number of aliphatic imine (C=N–C) groups is 1. The summed E-state index contributed by atoms with van der Waals surface area (Å²) in [6.07, 6.45) is 0. The van der Waals surface area contributed by atoms with Gasteiger partial charge in [0.15, 0.2) is 5.96 Å². The fourth-order valence-corrected chi connectivity index (χ4v) is 3.10. The van der Waals surface area contributed by atoms with E-state index in [0.29, 0.717) is 18.0 Å². The standard InChI is InChI=1S/C20H32N4O2/c1-8-21-18(24-13-19(3,4)20(24,5)6)22-12-15-9-10-17(26-7)16(11-15)23-14(2)25/h9-11H,8,12-13H2,1-7H3,(H,21,22)(H,23,25). The Labute approximate surface area is 157 Å². The van der Waals surface area contributed by atoms with E-state index in [4.69, 9.17) is 9.73 Å². The molecule has 0 bridgehead atoms. The number of amides is 1. The molecule has 0 atom stereocenters. The van der Waals surface area contributed by atoms with E-state index in [0.717, 1.165) is 24.6 Å². The predicted molar refractivity (Wildman–Crippen MR) is 107 cm³/mol. The van der Waals surface area contributed by atoms with Crippen LogP contribution in [0.5, 0.6) is 5.75 Å². The molecule has 1 fully saturated rings. The molecule has 0 radical (unpaired) electrons. The van der Waals surface area contributed by atoms with E-state index >= 15 is 0 Å². The van der Waals surface area contributed by atoms with Gasteiger partial charge in [-0.25, -0.2) is 4.99 Å². The molecule has 1 saturated heterocycles. The first-order chi connectivity index (χ1) is 12.1. The number of nitrogens with zero attached hydrogens (tertiary/aromatic N) is 2. The van der Waals surface area contributed by atoms with Crippen LogP contribution in [0.3, 0.4) is 0 Å². The number of hydrogen-bond donors (Lipinski definition) is 2. The number of nitrogens with one attached hydrogen (secondary N) is 2. The lowest BCUT2D eigenvalue weighted by molar-refractivity contribution is -0.114. The van der Waals surface area contributed by atoms with Crippen LogP contribution in [0.4, 0.5) is 5.69 Å². The Kier molecular flexibility index (Phi) is 5.84. The van der Waals surface area contributed by atoms with Gasteiger partial charge in [0.2, 0.25) is 5.91 Å². The van der Waals surface area contributed by atoms with Crippen LogP contribution in [0.2, 0.25) is 0 Å². The number of rotatable bonds is 5. The average Bonchev–Trinajstić information content (AvgIpc) is 2.56. The van der Waals surface area contributed by atoms with Gasteiger partial charge in [-0.3, -0.25) is 4.79 Å². The molecule has 2 N–H and O–H groups in total. The van der Waals surface area contributed by atoms with E-state index in [1.54, 1.807) is 7.11 Å². The van der Waals surface area contributed by atoms with Crippen LogP contribution in [0.25, 0.3) is 0 Å². The van der Waals surface area contributed by atoms with Crippen molar-refractivity contribution in [3.8, 4) is 5.75 Å². The Balaban J connectivity index is 2.21. The zero-order valence-electron chi connectivity index (χ0n) is 17.1. The number of anilines is 1. The smallest absolute Gasteiger partial charge is 0.221 e. The maximum absolute atomic E-state index is 11.4. The summed E-state index contributed by atoms with van der Waals surface area (Å²) in [6, 6.07) is 5.75. The first-order valence-corrected chi connectivity index (χ1v) is 9.13. The summed E-state index contributed by atoms with van der Waals surface area (Å²) < 4.78 is 5.31. The molecule has 0 saturated carbocycles. The minimum atomic E-state index is -0.123. The number of hydrogen-bond acceptors (Lipinski definition) is 3. The molecule has 26 heavy (non-hydrogen) atoms. The minimum Gasteiger partial charge on any atom is -0.495 e. The highest BCUT2D eigenvalue weighted by atomic mass is 16.5. The summed E-state index contributed by atoms with van der Waals surface area (Å²) in [7, 11) is 1.59. The van der Waals surface area contributed by atoms with Gasteiger partial charge in [-0.05, 0) is 38.5 Å². The molecule has 0 spiro atoms. The molecule has 1 aliphatic heterocycles. The van der Waals surface area contributed by atoms with Crippen molar-refractivity contribution in [2.45, 2.75) is 53.6 Å². The zero-order chi connectivity index (χ0) is 19.5. The van der Waals surface area contributed by atoms with E-state index in [2.05, 4.69) is 50.2 Å².